The van der Waals surface area contributed by atoms with E-state index in [2.05, 4.69) is 40.7 Å². The average Bonchev–Trinajstić information content (AvgIpc) is 3.02. The van der Waals surface area contributed by atoms with Gasteiger partial charge in [-0.15, -0.1) is 12.4 Å². The third-order valence-electron chi connectivity index (χ3n) is 6.08. The van der Waals surface area contributed by atoms with Crippen molar-refractivity contribution in [3.63, 3.8) is 0 Å². The molecule has 166 valence electrons. The summed E-state index contributed by atoms with van der Waals surface area (Å²) in [6.07, 6.45) is 0.447. The molecule has 6 heteroatoms. The number of halogens is 1. The summed E-state index contributed by atoms with van der Waals surface area (Å²) in [5, 5.41) is 11.4. The average molecular weight is 443 g/mol. The smallest absolute Gasteiger partial charge is 0.162 e. The Morgan fingerprint density at radius 2 is 1.94 bits per heavy atom. The highest BCUT2D eigenvalue weighted by Crippen LogP contribution is 2.30. The minimum Gasteiger partial charge on any atom is -0.491 e. The monoisotopic (exact) mass is 442 g/mol. The number of benzene rings is 2. The van der Waals surface area contributed by atoms with Crippen molar-refractivity contribution in [2.75, 3.05) is 19.7 Å². The van der Waals surface area contributed by atoms with E-state index in [9.17, 15) is 9.90 Å². The largest absolute Gasteiger partial charge is 0.491 e. The van der Waals surface area contributed by atoms with Crippen LogP contribution in [0.1, 0.15) is 41.0 Å². The molecule has 3 aromatic rings. The lowest BCUT2D eigenvalue weighted by atomic mass is 10.00. The van der Waals surface area contributed by atoms with Crippen LogP contribution in [0.2, 0.25) is 0 Å². The highest BCUT2D eigenvalue weighted by Gasteiger charge is 2.20. The fraction of sp³-hybridized carbons (Fsp3) is 0.400. The number of carbonyl (C=O) groups excluding carboxylic acids is 1. The first-order chi connectivity index (χ1) is 14.5. The van der Waals surface area contributed by atoms with E-state index in [1.807, 2.05) is 25.1 Å². The lowest BCUT2D eigenvalue weighted by Crippen LogP contribution is -2.38. The molecule has 0 bridgehead atoms. The molecule has 0 saturated heterocycles. The van der Waals surface area contributed by atoms with E-state index in [1.54, 1.807) is 6.92 Å². The zero-order valence-corrected chi connectivity index (χ0v) is 19.2. The van der Waals surface area contributed by atoms with Crippen LogP contribution in [0.3, 0.4) is 0 Å². The molecule has 1 N–H and O–H groups in total. The molecule has 2 aromatic carbocycles. The molecule has 1 aliphatic heterocycles. The molecule has 31 heavy (non-hydrogen) atoms. The Balaban J connectivity index is 0.00000272. The van der Waals surface area contributed by atoms with Crippen molar-refractivity contribution in [3.05, 3.63) is 64.8 Å². The third kappa shape index (κ3) is 4.79. The number of aliphatic hydroxyl groups is 1. The standard InChI is InChI=1S/C25H30N2O3.ClH/c1-4-27-17(2)25(18(3)28)23-13-22(9-10-24(23)27)30-16-21(29)15-26-12-11-19-7-5-6-8-20(19)14-26;/h5-10,13,21,29H,4,11-12,14-16H2,1-3H3;1H. The van der Waals surface area contributed by atoms with Crippen LogP contribution in [-0.4, -0.2) is 46.2 Å². The van der Waals surface area contributed by atoms with Crippen molar-refractivity contribution >= 4 is 29.1 Å². The number of hydrogen-bond donors (Lipinski definition) is 1. The normalized spacial score (nSPS) is 14.7. The second kappa shape index (κ2) is 9.86. The molecule has 4 rings (SSSR count). The van der Waals surface area contributed by atoms with Crippen LogP contribution in [0.5, 0.6) is 5.75 Å². The number of nitrogens with zero attached hydrogens (tertiary/aromatic N) is 2. The number of rotatable bonds is 7. The number of aromatic nitrogens is 1. The Morgan fingerprint density at radius 3 is 2.65 bits per heavy atom. The van der Waals surface area contributed by atoms with E-state index in [0.29, 0.717) is 12.3 Å². The summed E-state index contributed by atoms with van der Waals surface area (Å²) < 4.78 is 8.06. The summed E-state index contributed by atoms with van der Waals surface area (Å²) >= 11 is 0. The van der Waals surface area contributed by atoms with Gasteiger partial charge in [-0.3, -0.25) is 9.69 Å². The number of hydrogen-bond acceptors (Lipinski definition) is 4. The summed E-state index contributed by atoms with van der Waals surface area (Å²) in [6, 6.07) is 14.3. The van der Waals surface area contributed by atoms with Crippen molar-refractivity contribution in [3.8, 4) is 5.75 Å². The number of Topliss-reactive ketones (excluding diaryl/α,β-unsaturated/α-hetero) is 1. The first kappa shape index (κ1) is 23.3. The zero-order chi connectivity index (χ0) is 21.3. The van der Waals surface area contributed by atoms with Gasteiger partial charge in [0.2, 0.25) is 0 Å². The maximum absolute atomic E-state index is 12.2. The minimum absolute atomic E-state index is 0. The molecule has 0 fully saturated rings. The predicted octanol–water partition coefficient (Wildman–Crippen LogP) is 4.39. The van der Waals surface area contributed by atoms with Crippen LogP contribution in [0.15, 0.2) is 42.5 Å². The lowest BCUT2D eigenvalue weighted by molar-refractivity contribution is 0.0638. The van der Waals surface area contributed by atoms with E-state index in [1.165, 1.54) is 11.1 Å². The van der Waals surface area contributed by atoms with Gasteiger partial charge >= 0.3 is 0 Å². The number of carbonyl (C=O) groups is 1. The van der Waals surface area contributed by atoms with Gasteiger partial charge in [-0.05, 0) is 56.5 Å². The maximum Gasteiger partial charge on any atom is 0.162 e. The van der Waals surface area contributed by atoms with Crippen molar-refractivity contribution < 1.29 is 14.6 Å². The topological polar surface area (TPSA) is 54.7 Å². The van der Waals surface area contributed by atoms with Gasteiger partial charge in [-0.25, -0.2) is 0 Å². The number of ketones is 1. The Labute approximate surface area is 190 Å². The van der Waals surface area contributed by atoms with Crippen LogP contribution in [0.25, 0.3) is 10.9 Å². The number of ether oxygens (including phenoxy) is 1. The summed E-state index contributed by atoms with van der Waals surface area (Å²) in [6.45, 7) is 9.12. The highest BCUT2D eigenvalue weighted by atomic mass is 35.5. The molecule has 1 unspecified atom stereocenters. The molecule has 1 atom stereocenters. The summed E-state index contributed by atoms with van der Waals surface area (Å²) in [7, 11) is 0. The van der Waals surface area contributed by atoms with Crippen molar-refractivity contribution in [1.29, 1.82) is 0 Å². The van der Waals surface area contributed by atoms with E-state index < -0.39 is 6.10 Å². The number of fused-ring (bicyclic) bond motifs is 2. The lowest BCUT2D eigenvalue weighted by Gasteiger charge is -2.30. The van der Waals surface area contributed by atoms with Gasteiger partial charge in [0.25, 0.3) is 0 Å². The zero-order valence-electron chi connectivity index (χ0n) is 18.4. The Kier molecular flexibility index (Phi) is 7.42. The van der Waals surface area contributed by atoms with E-state index in [-0.39, 0.29) is 24.8 Å². The number of aliphatic hydroxyl groups excluding tert-OH is 1. The van der Waals surface area contributed by atoms with E-state index >= 15 is 0 Å². The third-order valence-corrected chi connectivity index (χ3v) is 6.08. The van der Waals surface area contributed by atoms with Crippen LogP contribution >= 0.6 is 12.4 Å². The quantitative estimate of drug-likeness (QED) is 0.551. The number of β-amino-alcohol motifs (C(OH)–C–C–N with tert-alkyl or cyclic N) is 1. The fourth-order valence-corrected chi connectivity index (χ4v) is 4.66. The van der Waals surface area contributed by atoms with Gasteiger partial charge in [0.15, 0.2) is 5.78 Å². The fourth-order valence-electron chi connectivity index (χ4n) is 4.66. The van der Waals surface area contributed by atoms with Crippen molar-refractivity contribution in [2.24, 2.45) is 0 Å². The van der Waals surface area contributed by atoms with Gasteiger partial charge in [-0.1, -0.05) is 24.3 Å². The minimum atomic E-state index is -0.569. The van der Waals surface area contributed by atoms with Crippen molar-refractivity contribution in [1.82, 2.24) is 9.47 Å². The van der Waals surface area contributed by atoms with Crippen LogP contribution in [0, 0.1) is 6.92 Å². The summed E-state index contributed by atoms with van der Waals surface area (Å²) in [4.78, 5) is 14.5. The molecule has 0 amide bonds. The first-order valence-electron chi connectivity index (χ1n) is 10.7. The molecule has 5 nitrogen and oxygen atoms in total. The van der Waals surface area contributed by atoms with E-state index in [0.717, 1.165) is 48.2 Å². The Bertz CT molecular complexity index is 1080. The molecular weight excluding hydrogens is 412 g/mol. The van der Waals surface area contributed by atoms with Gasteiger partial charge in [0.1, 0.15) is 18.5 Å². The summed E-state index contributed by atoms with van der Waals surface area (Å²) in [5.74, 6) is 0.744. The summed E-state index contributed by atoms with van der Waals surface area (Å²) in [5.41, 5.74) is 5.53. The molecule has 0 spiro atoms. The van der Waals surface area contributed by atoms with Gasteiger partial charge < -0.3 is 14.4 Å². The molecule has 0 radical (unpaired) electrons. The van der Waals surface area contributed by atoms with Crippen molar-refractivity contribution in [2.45, 2.75) is 46.4 Å². The Morgan fingerprint density at radius 1 is 1.19 bits per heavy atom. The second-order valence-corrected chi connectivity index (χ2v) is 8.16. The van der Waals surface area contributed by atoms with Crippen LogP contribution in [-0.2, 0) is 19.5 Å². The highest BCUT2D eigenvalue weighted by molar-refractivity contribution is 6.08. The van der Waals surface area contributed by atoms with Crippen LogP contribution < -0.4 is 4.74 Å². The Hall–Kier alpha value is -2.34. The van der Waals surface area contributed by atoms with Crippen LogP contribution in [0.4, 0.5) is 0 Å². The molecule has 0 aliphatic carbocycles. The molecule has 0 saturated carbocycles. The SMILES string of the molecule is CCn1c(C)c(C(C)=O)c2cc(OCC(O)CN3CCc4ccccc4C3)ccc21.Cl. The second-order valence-electron chi connectivity index (χ2n) is 8.16. The molecule has 2 heterocycles. The van der Waals surface area contributed by atoms with Gasteiger partial charge in [0.05, 0.1) is 0 Å². The molecule has 1 aliphatic rings. The molecule has 1 aromatic heterocycles. The maximum atomic E-state index is 12.2. The predicted molar refractivity (Wildman–Crippen MR) is 127 cm³/mol. The van der Waals surface area contributed by atoms with Gasteiger partial charge in [0, 0.05) is 48.3 Å². The number of aryl methyl sites for hydroxylation is 1. The first-order valence-corrected chi connectivity index (χ1v) is 10.7. The van der Waals surface area contributed by atoms with E-state index in [4.69, 9.17) is 4.74 Å². The van der Waals surface area contributed by atoms with Gasteiger partial charge in [-0.2, -0.15) is 0 Å². The molecular formula is C25H31ClN2O3.